The summed E-state index contributed by atoms with van der Waals surface area (Å²) in [6.07, 6.45) is -11.3. The van der Waals surface area contributed by atoms with Crippen LogP contribution in [-0.2, 0) is 38.7 Å². The molecule has 4 rings (SSSR count). The van der Waals surface area contributed by atoms with Gasteiger partial charge in [0.15, 0.2) is 0 Å². The monoisotopic (exact) mass is 608 g/mol. The van der Waals surface area contributed by atoms with Crippen molar-refractivity contribution >= 4 is 5.95 Å². The van der Waals surface area contributed by atoms with Crippen LogP contribution in [0.5, 0.6) is 0 Å². The summed E-state index contributed by atoms with van der Waals surface area (Å²) in [7, 11) is 1.40. The van der Waals surface area contributed by atoms with Crippen LogP contribution in [-0.4, -0.2) is 38.2 Å². The number of alkyl halides is 9. The largest absolute Gasteiger partial charge is 0.416 e. The molecule has 1 saturated heterocycles. The molecule has 1 aromatic heterocycles. The van der Waals surface area contributed by atoms with Crippen molar-refractivity contribution in [1.82, 2.24) is 25.1 Å². The minimum Gasteiger partial charge on any atom is -0.330 e. The highest BCUT2D eigenvalue weighted by molar-refractivity contribution is 5.42. The predicted octanol–water partition coefficient (Wildman–Crippen LogP) is 7.41. The molecule has 1 atom stereocenters. The Morgan fingerprint density at radius 3 is 1.88 bits per heavy atom. The maximum absolute atomic E-state index is 13.8. The van der Waals surface area contributed by atoms with Crippen LogP contribution in [0.25, 0.3) is 0 Å². The highest BCUT2D eigenvalue weighted by Crippen LogP contribution is 2.38. The first-order chi connectivity index (χ1) is 19.6. The van der Waals surface area contributed by atoms with Gasteiger partial charge in [-0.25, -0.2) is 0 Å². The number of aromatic nitrogens is 4. The van der Waals surface area contributed by atoms with Crippen molar-refractivity contribution in [3.05, 3.63) is 69.8 Å². The molecule has 0 bridgehead atoms. The van der Waals surface area contributed by atoms with Gasteiger partial charge < -0.3 is 4.90 Å². The fourth-order valence-electron chi connectivity index (χ4n) is 5.28. The maximum atomic E-state index is 13.8. The second kappa shape index (κ2) is 12.1. The van der Waals surface area contributed by atoms with E-state index in [-0.39, 0.29) is 35.7 Å². The smallest absolute Gasteiger partial charge is 0.330 e. The Morgan fingerprint density at radius 2 is 1.38 bits per heavy atom. The SMILES string of the molecule is CCC(c1ccc(C(F)(F)F)cc1CN(Cc1cc(C(F)(F)F)cc(C(F)(F)F)c1)c1nnn(C)n1)N1CCCCC1. The average molecular weight is 609 g/mol. The van der Waals surface area contributed by atoms with Gasteiger partial charge in [0.25, 0.3) is 5.95 Å². The number of benzene rings is 2. The molecule has 1 unspecified atom stereocenters. The van der Waals surface area contributed by atoms with Crippen LogP contribution in [0.3, 0.4) is 0 Å². The number of rotatable bonds is 8. The second-order valence-corrected chi connectivity index (χ2v) is 10.3. The van der Waals surface area contributed by atoms with Crippen LogP contribution in [0.2, 0.25) is 0 Å². The Balaban J connectivity index is 1.81. The number of piperidine rings is 1. The number of anilines is 1. The summed E-state index contributed by atoms with van der Waals surface area (Å²) >= 11 is 0. The number of tetrazole rings is 1. The molecule has 0 aliphatic carbocycles. The van der Waals surface area contributed by atoms with Gasteiger partial charge in [0.1, 0.15) is 0 Å². The highest BCUT2D eigenvalue weighted by atomic mass is 19.4. The van der Waals surface area contributed by atoms with Crippen LogP contribution in [0, 0.1) is 0 Å². The summed E-state index contributed by atoms with van der Waals surface area (Å²) < 4.78 is 123. The molecule has 3 aromatic rings. The molecule has 1 aliphatic heterocycles. The van der Waals surface area contributed by atoms with Gasteiger partial charge >= 0.3 is 18.5 Å². The van der Waals surface area contributed by atoms with Gasteiger partial charge in [-0.3, -0.25) is 4.90 Å². The topological polar surface area (TPSA) is 50.1 Å². The molecule has 0 amide bonds. The van der Waals surface area contributed by atoms with Crippen molar-refractivity contribution in [3.63, 3.8) is 0 Å². The van der Waals surface area contributed by atoms with Crippen molar-refractivity contribution in [2.24, 2.45) is 7.05 Å². The number of hydrogen-bond acceptors (Lipinski definition) is 5. The third-order valence-corrected chi connectivity index (χ3v) is 7.21. The molecule has 0 saturated carbocycles. The van der Waals surface area contributed by atoms with Crippen LogP contribution < -0.4 is 4.90 Å². The van der Waals surface area contributed by atoms with Gasteiger partial charge in [-0.1, -0.05) is 24.5 Å². The Labute approximate surface area is 236 Å². The fraction of sp³-hybridized carbons (Fsp3) is 0.519. The molecule has 6 nitrogen and oxygen atoms in total. The Hall–Kier alpha value is -3.36. The first-order valence-electron chi connectivity index (χ1n) is 13.3. The van der Waals surface area contributed by atoms with Crippen LogP contribution in [0.4, 0.5) is 45.5 Å². The van der Waals surface area contributed by atoms with Crippen LogP contribution in [0.15, 0.2) is 36.4 Å². The van der Waals surface area contributed by atoms with E-state index in [0.29, 0.717) is 24.1 Å². The molecule has 230 valence electrons. The molecule has 0 radical (unpaired) electrons. The van der Waals surface area contributed by atoms with Gasteiger partial charge in [-0.2, -0.15) is 44.3 Å². The zero-order valence-corrected chi connectivity index (χ0v) is 22.8. The summed E-state index contributed by atoms with van der Waals surface area (Å²) in [5.41, 5.74) is -3.52. The molecule has 0 spiro atoms. The summed E-state index contributed by atoms with van der Waals surface area (Å²) in [6, 6.07) is 4.28. The fourth-order valence-corrected chi connectivity index (χ4v) is 5.28. The van der Waals surface area contributed by atoms with Crippen LogP contribution >= 0.6 is 0 Å². The van der Waals surface area contributed by atoms with Crippen LogP contribution in [0.1, 0.15) is 72.0 Å². The maximum Gasteiger partial charge on any atom is 0.416 e. The number of nitrogens with zero attached hydrogens (tertiary/aromatic N) is 6. The molecule has 2 aromatic carbocycles. The normalized spacial score (nSPS) is 16.1. The van der Waals surface area contributed by atoms with Crippen molar-refractivity contribution in [2.45, 2.75) is 70.3 Å². The van der Waals surface area contributed by atoms with Crippen molar-refractivity contribution in [2.75, 3.05) is 18.0 Å². The molecule has 1 aliphatic rings. The lowest BCUT2D eigenvalue weighted by Crippen LogP contribution is -2.34. The summed E-state index contributed by atoms with van der Waals surface area (Å²) in [4.78, 5) is 4.44. The molecular weight excluding hydrogens is 579 g/mol. The van der Waals surface area contributed by atoms with E-state index in [1.165, 1.54) is 18.0 Å². The lowest BCUT2D eigenvalue weighted by molar-refractivity contribution is -0.143. The number of hydrogen-bond donors (Lipinski definition) is 0. The molecule has 2 heterocycles. The highest BCUT2D eigenvalue weighted by Gasteiger charge is 2.37. The zero-order valence-electron chi connectivity index (χ0n) is 22.8. The lowest BCUT2D eigenvalue weighted by Gasteiger charge is -2.36. The van der Waals surface area contributed by atoms with E-state index in [1.54, 1.807) is 0 Å². The van der Waals surface area contributed by atoms with E-state index in [1.807, 2.05) is 6.92 Å². The Morgan fingerprint density at radius 1 is 0.786 bits per heavy atom. The Bertz CT molecular complexity index is 1330. The van der Waals surface area contributed by atoms with E-state index < -0.39 is 41.8 Å². The quantitative estimate of drug-likeness (QED) is 0.250. The molecule has 42 heavy (non-hydrogen) atoms. The van der Waals surface area contributed by atoms with Gasteiger partial charge in [-0.05, 0) is 84.6 Å². The Kier molecular flexibility index (Phi) is 9.09. The van der Waals surface area contributed by atoms with E-state index in [9.17, 15) is 39.5 Å². The third kappa shape index (κ3) is 7.53. The molecule has 1 fully saturated rings. The minimum absolute atomic E-state index is 0.0176. The molecule has 15 heteroatoms. The van der Waals surface area contributed by atoms with E-state index in [0.717, 1.165) is 49.3 Å². The summed E-state index contributed by atoms with van der Waals surface area (Å²) in [5, 5.41) is 11.6. The first-order valence-corrected chi connectivity index (χ1v) is 13.3. The number of aryl methyl sites for hydroxylation is 1. The standard InChI is InChI=1S/C27H29F9N6/c1-3-23(41-9-5-4-6-10-41)22-8-7-19(25(28,29)30)13-18(22)16-42(24-37-39-40(2)38-24)15-17-11-20(26(31,32)33)14-21(12-17)27(34,35)36/h7-8,11-14,23H,3-6,9-10,15-16H2,1-2H3. The summed E-state index contributed by atoms with van der Waals surface area (Å²) in [5.74, 6) is -0.169. The van der Waals surface area contributed by atoms with Gasteiger partial charge in [0.2, 0.25) is 0 Å². The van der Waals surface area contributed by atoms with E-state index >= 15 is 0 Å². The lowest BCUT2D eigenvalue weighted by atomic mass is 9.93. The van der Waals surface area contributed by atoms with E-state index in [4.69, 9.17) is 0 Å². The first kappa shape index (κ1) is 31.6. The van der Waals surface area contributed by atoms with Crippen molar-refractivity contribution in [3.8, 4) is 0 Å². The number of likely N-dealkylation sites (tertiary alicyclic amines) is 1. The second-order valence-electron chi connectivity index (χ2n) is 10.3. The number of halogens is 9. The van der Waals surface area contributed by atoms with Gasteiger partial charge in [0.05, 0.1) is 23.7 Å². The summed E-state index contributed by atoms with van der Waals surface area (Å²) in [6.45, 7) is 2.52. The third-order valence-electron chi connectivity index (χ3n) is 7.21. The zero-order chi connectivity index (χ0) is 30.9. The van der Waals surface area contributed by atoms with Crippen molar-refractivity contribution in [1.29, 1.82) is 0 Å². The van der Waals surface area contributed by atoms with Gasteiger partial charge in [0, 0.05) is 19.1 Å². The molecule has 0 N–H and O–H groups in total. The minimum atomic E-state index is -5.07. The van der Waals surface area contributed by atoms with Crippen molar-refractivity contribution < 1.29 is 39.5 Å². The average Bonchev–Trinajstić information content (AvgIpc) is 3.34. The molecular formula is C27H29F9N6. The predicted molar refractivity (Wildman–Crippen MR) is 135 cm³/mol. The van der Waals surface area contributed by atoms with E-state index in [2.05, 4.69) is 20.3 Å². The van der Waals surface area contributed by atoms with Gasteiger partial charge in [-0.15, -0.1) is 5.10 Å².